The topological polar surface area (TPSA) is 72.5 Å². The first-order valence-electron chi connectivity index (χ1n) is 5.78. The fourth-order valence-corrected chi connectivity index (χ4v) is 2.04. The molecule has 0 aromatic heterocycles. The number of rotatable bonds is 7. The second-order valence-corrected chi connectivity index (χ2v) is 6.48. The fourth-order valence-electron chi connectivity index (χ4n) is 1.30. The number of alkyl halides is 3. The number of carbonyl (C=O) groups is 1. The van der Waals surface area contributed by atoms with Crippen LogP contribution < -0.4 is 4.72 Å². The molecule has 0 aromatic rings. The van der Waals surface area contributed by atoms with Crippen molar-refractivity contribution in [2.24, 2.45) is 5.92 Å². The maximum Gasteiger partial charge on any atom is 0.511 e. The normalized spacial score (nSPS) is 14.2. The summed E-state index contributed by atoms with van der Waals surface area (Å²) < 4.78 is 65.1. The molecule has 20 heavy (non-hydrogen) atoms. The molecule has 0 aromatic carbocycles. The number of nitrogens with one attached hydrogen (secondary N) is 1. The Balaban J connectivity index is 4.83. The minimum absolute atomic E-state index is 0.0759. The van der Waals surface area contributed by atoms with Crippen molar-refractivity contribution in [2.45, 2.75) is 38.7 Å². The van der Waals surface area contributed by atoms with Crippen LogP contribution in [0.3, 0.4) is 0 Å². The van der Waals surface area contributed by atoms with Crippen molar-refractivity contribution in [3.05, 3.63) is 12.2 Å². The molecule has 0 aliphatic carbocycles. The van der Waals surface area contributed by atoms with Gasteiger partial charge >= 0.3 is 21.5 Å². The molecule has 0 spiro atoms. The first-order chi connectivity index (χ1) is 8.86. The molecule has 0 fully saturated rings. The van der Waals surface area contributed by atoms with E-state index in [4.69, 9.17) is 4.74 Å². The van der Waals surface area contributed by atoms with Gasteiger partial charge in [0.25, 0.3) is 0 Å². The molecule has 0 aliphatic heterocycles. The van der Waals surface area contributed by atoms with Gasteiger partial charge < -0.3 is 4.74 Å². The lowest BCUT2D eigenvalue weighted by molar-refractivity contribution is -0.139. The highest BCUT2D eigenvalue weighted by atomic mass is 32.2. The molecule has 5 nitrogen and oxygen atoms in total. The number of esters is 1. The van der Waals surface area contributed by atoms with E-state index in [-0.39, 0.29) is 17.9 Å². The highest BCUT2D eigenvalue weighted by Gasteiger charge is 2.46. The van der Waals surface area contributed by atoms with Gasteiger partial charge in [0.05, 0.1) is 6.04 Å². The number of sulfonamides is 1. The summed E-state index contributed by atoms with van der Waals surface area (Å²) in [5, 5.41) is 0. The van der Waals surface area contributed by atoms with Gasteiger partial charge in [-0.2, -0.15) is 13.2 Å². The van der Waals surface area contributed by atoms with Crippen LogP contribution >= 0.6 is 0 Å². The fraction of sp³-hybridized carbons (Fsp3) is 0.727. The molecule has 0 aliphatic rings. The van der Waals surface area contributed by atoms with Crippen LogP contribution in [0.15, 0.2) is 12.2 Å². The summed E-state index contributed by atoms with van der Waals surface area (Å²) in [6.07, 6.45) is 0.0960. The molecule has 0 saturated heterocycles. The van der Waals surface area contributed by atoms with Gasteiger partial charge in [-0.05, 0) is 19.3 Å². The number of carbonyl (C=O) groups excluding carboxylic acids is 1. The van der Waals surface area contributed by atoms with E-state index in [9.17, 15) is 26.4 Å². The molecule has 0 radical (unpaired) electrons. The molecule has 0 heterocycles. The van der Waals surface area contributed by atoms with E-state index >= 15 is 0 Å². The monoisotopic (exact) mass is 317 g/mol. The summed E-state index contributed by atoms with van der Waals surface area (Å²) in [5.74, 6) is -0.871. The van der Waals surface area contributed by atoms with Gasteiger partial charge in [-0.1, -0.05) is 20.4 Å². The lowest BCUT2D eigenvalue weighted by Gasteiger charge is -2.21. The van der Waals surface area contributed by atoms with Gasteiger partial charge in [-0.3, -0.25) is 0 Å². The summed E-state index contributed by atoms with van der Waals surface area (Å²) in [6, 6.07) is -1.15. The lowest BCUT2D eigenvalue weighted by Crippen LogP contribution is -2.45. The van der Waals surface area contributed by atoms with E-state index in [1.54, 1.807) is 13.8 Å². The van der Waals surface area contributed by atoms with Gasteiger partial charge in [0.1, 0.15) is 6.61 Å². The Morgan fingerprint density at radius 2 is 1.85 bits per heavy atom. The van der Waals surface area contributed by atoms with Crippen LogP contribution in [0, 0.1) is 5.92 Å². The van der Waals surface area contributed by atoms with Gasteiger partial charge in [-0.25, -0.2) is 17.9 Å². The third kappa shape index (κ3) is 6.38. The van der Waals surface area contributed by atoms with Crippen LogP contribution in [0.2, 0.25) is 0 Å². The predicted octanol–water partition coefficient (Wildman–Crippen LogP) is 1.96. The number of hydrogen-bond acceptors (Lipinski definition) is 4. The van der Waals surface area contributed by atoms with Crippen LogP contribution in [0.25, 0.3) is 0 Å². The molecular formula is C11H18F3NO4S. The Morgan fingerprint density at radius 3 is 2.20 bits per heavy atom. The second-order valence-electron chi connectivity index (χ2n) is 4.77. The van der Waals surface area contributed by atoms with Crippen LogP contribution in [0.1, 0.15) is 27.2 Å². The Hall–Kier alpha value is -1.09. The maximum absolute atomic E-state index is 12.3. The second kappa shape index (κ2) is 7.07. The largest absolute Gasteiger partial charge is 0.511 e. The van der Waals surface area contributed by atoms with Crippen molar-refractivity contribution in [1.82, 2.24) is 4.72 Å². The van der Waals surface area contributed by atoms with E-state index in [1.165, 1.54) is 11.6 Å². The highest BCUT2D eigenvalue weighted by molar-refractivity contribution is 7.90. The van der Waals surface area contributed by atoms with Crippen molar-refractivity contribution in [1.29, 1.82) is 0 Å². The Morgan fingerprint density at radius 1 is 1.35 bits per heavy atom. The molecule has 1 N–H and O–H groups in total. The summed E-state index contributed by atoms with van der Waals surface area (Å²) >= 11 is 0. The van der Waals surface area contributed by atoms with E-state index < -0.39 is 34.1 Å². The summed E-state index contributed by atoms with van der Waals surface area (Å²) in [5.41, 5.74) is -5.33. The van der Waals surface area contributed by atoms with Crippen LogP contribution in [-0.2, 0) is 19.6 Å². The molecule has 0 saturated carbocycles. The van der Waals surface area contributed by atoms with Gasteiger partial charge in [0.2, 0.25) is 0 Å². The Bertz CT molecular complexity index is 457. The van der Waals surface area contributed by atoms with E-state index in [0.29, 0.717) is 0 Å². The predicted molar refractivity (Wildman–Crippen MR) is 67.1 cm³/mol. The smallest absolute Gasteiger partial charge is 0.461 e. The summed E-state index contributed by atoms with van der Waals surface area (Å²) in [4.78, 5) is 11.2. The molecule has 118 valence electrons. The zero-order chi connectivity index (χ0) is 16.1. The van der Waals surface area contributed by atoms with Crippen molar-refractivity contribution >= 4 is 16.0 Å². The van der Waals surface area contributed by atoms with E-state index in [1.807, 2.05) is 0 Å². The lowest BCUT2D eigenvalue weighted by atomic mass is 10.1. The minimum Gasteiger partial charge on any atom is -0.461 e. The molecule has 9 heteroatoms. The van der Waals surface area contributed by atoms with Crippen LogP contribution in [0.4, 0.5) is 13.2 Å². The first-order valence-corrected chi connectivity index (χ1v) is 7.26. The van der Waals surface area contributed by atoms with Crippen molar-refractivity contribution in [3.63, 3.8) is 0 Å². The van der Waals surface area contributed by atoms with Gasteiger partial charge in [0, 0.05) is 5.57 Å². The standard InChI is InChI=1S/C11H18F3NO4S/c1-7(2)5-9(6-19-10(16)8(3)4)15-20(17,18)11(12,13)14/h7,9,15H,3,5-6H2,1-2,4H3. The maximum atomic E-state index is 12.3. The van der Waals surface area contributed by atoms with Crippen molar-refractivity contribution < 1.29 is 31.1 Å². The van der Waals surface area contributed by atoms with Gasteiger partial charge in [0.15, 0.2) is 0 Å². The number of hydrogen-bond donors (Lipinski definition) is 1. The zero-order valence-corrected chi connectivity index (χ0v) is 12.3. The van der Waals surface area contributed by atoms with Crippen molar-refractivity contribution in [2.75, 3.05) is 6.61 Å². The molecule has 1 atom stereocenters. The van der Waals surface area contributed by atoms with Crippen molar-refractivity contribution in [3.8, 4) is 0 Å². The molecule has 0 rings (SSSR count). The average molecular weight is 317 g/mol. The third-order valence-corrected chi connectivity index (χ3v) is 3.40. The molecule has 1 unspecified atom stereocenters. The third-order valence-electron chi connectivity index (χ3n) is 2.15. The van der Waals surface area contributed by atoms with Crippen LogP contribution in [0.5, 0.6) is 0 Å². The number of halogens is 3. The molecular weight excluding hydrogens is 299 g/mol. The quantitative estimate of drug-likeness (QED) is 0.575. The van der Waals surface area contributed by atoms with E-state index in [2.05, 4.69) is 6.58 Å². The SMILES string of the molecule is C=C(C)C(=O)OCC(CC(C)C)NS(=O)(=O)C(F)(F)F. The van der Waals surface area contributed by atoms with Crippen LogP contribution in [-0.4, -0.2) is 32.5 Å². The molecule has 0 bridgehead atoms. The summed E-state index contributed by atoms with van der Waals surface area (Å²) in [6.45, 7) is 7.61. The van der Waals surface area contributed by atoms with Gasteiger partial charge in [-0.15, -0.1) is 0 Å². The van der Waals surface area contributed by atoms with E-state index in [0.717, 1.165) is 0 Å². The average Bonchev–Trinajstić information content (AvgIpc) is 2.22. The Labute approximate surface area is 116 Å². The number of ether oxygens (including phenoxy) is 1. The first kappa shape index (κ1) is 18.9. The highest BCUT2D eigenvalue weighted by Crippen LogP contribution is 2.23. The summed E-state index contributed by atoms with van der Waals surface area (Å²) in [7, 11) is -5.47. The minimum atomic E-state index is -5.47. The Kier molecular flexibility index (Phi) is 6.69. The molecule has 0 amide bonds. The zero-order valence-electron chi connectivity index (χ0n) is 11.5.